The highest BCUT2D eigenvalue weighted by Gasteiger charge is 2.14. The van der Waals surface area contributed by atoms with Gasteiger partial charge in [0.2, 0.25) is 6.79 Å². The van der Waals surface area contributed by atoms with Crippen LogP contribution in [-0.4, -0.2) is 38.3 Å². The number of ether oxygens (including phenoxy) is 4. The molecule has 88 valence electrons. The lowest BCUT2D eigenvalue weighted by atomic mass is 10.3. The standard InChI is InChI=1S/C11H14O5/c1-13-5-8(12)6-14-9-2-3-10-11(4-9)16-7-15-10/h2-4,8,12H,5-7H2,1H3. The molecule has 0 saturated carbocycles. The maximum absolute atomic E-state index is 9.40. The number of fused-ring (bicyclic) bond motifs is 1. The number of hydrogen-bond donors (Lipinski definition) is 1. The molecule has 0 spiro atoms. The van der Waals surface area contributed by atoms with Crippen LogP contribution in [0.15, 0.2) is 18.2 Å². The Morgan fingerprint density at radius 1 is 1.31 bits per heavy atom. The molecule has 1 aromatic carbocycles. The third-order valence-electron chi connectivity index (χ3n) is 2.15. The van der Waals surface area contributed by atoms with Crippen molar-refractivity contribution in [1.29, 1.82) is 0 Å². The lowest BCUT2D eigenvalue weighted by Gasteiger charge is -2.11. The maximum Gasteiger partial charge on any atom is 0.231 e. The van der Waals surface area contributed by atoms with Gasteiger partial charge in [0.25, 0.3) is 0 Å². The first-order valence-electron chi connectivity index (χ1n) is 4.99. The van der Waals surface area contributed by atoms with Crippen LogP contribution in [0.4, 0.5) is 0 Å². The summed E-state index contributed by atoms with van der Waals surface area (Å²) >= 11 is 0. The molecule has 1 N–H and O–H groups in total. The molecule has 0 bridgehead atoms. The second-order valence-electron chi connectivity index (χ2n) is 3.44. The summed E-state index contributed by atoms with van der Waals surface area (Å²) < 4.78 is 20.5. The molecule has 0 aromatic heterocycles. The van der Waals surface area contributed by atoms with Gasteiger partial charge in [0.1, 0.15) is 18.5 Å². The van der Waals surface area contributed by atoms with Crippen LogP contribution in [0.5, 0.6) is 17.2 Å². The van der Waals surface area contributed by atoms with Gasteiger partial charge in [0.05, 0.1) is 6.61 Å². The van der Waals surface area contributed by atoms with Crippen LogP contribution in [0.1, 0.15) is 0 Å². The summed E-state index contributed by atoms with van der Waals surface area (Å²) in [4.78, 5) is 0. The van der Waals surface area contributed by atoms with E-state index in [0.29, 0.717) is 17.2 Å². The number of methoxy groups -OCH3 is 1. The third-order valence-corrected chi connectivity index (χ3v) is 2.15. The van der Waals surface area contributed by atoms with Crippen LogP contribution in [0.25, 0.3) is 0 Å². The van der Waals surface area contributed by atoms with E-state index in [4.69, 9.17) is 18.9 Å². The SMILES string of the molecule is COCC(O)COc1ccc2c(c1)OCO2. The minimum absolute atomic E-state index is 0.188. The van der Waals surface area contributed by atoms with Gasteiger partial charge < -0.3 is 24.1 Å². The van der Waals surface area contributed by atoms with Crippen LogP contribution >= 0.6 is 0 Å². The summed E-state index contributed by atoms with van der Waals surface area (Å²) in [7, 11) is 1.53. The molecule has 2 rings (SSSR count). The molecule has 0 aliphatic carbocycles. The van der Waals surface area contributed by atoms with E-state index >= 15 is 0 Å². The quantitative estimate of drug-likeness (QED) is 0.804. The van der Waals surface area contributed by atoms with E-state index in [-0.39, 0.29) is 20.0 Å². The van der Waals surface area contributed by atoms with Crippen molar-refractivity contribution in [3.8, 4) is 17.2 Å². The van der Waals surface area contributed by atoms with Crippen molar-refractivity contribution in [3.63, 3.8) is 0 Å². The first kappa shape index (κ1) is 11.0. The zero-order chi connectivity index (χ0) is 11.4. The van der Waals surface area contributed by atoms with Gasteiger partial charge in [-0.15, -0.1) is 0 Å². The Morgan fingerprint density at radius 2 is 2.12 bits per heavy atom. The maximum atomic E-state index is 9.40. The number of hydrogen-bond acceptors (Lipinski definition) is 5. The molecule has 1 aliphatic rings. The van der Waals surface area contributed by atoms with E-state index in [1.165, 1.54) is 7.11 Å². The van der Waals surface area contributed by atoms with E-state index in [0.717, 1.165) is 0 Å². The summed E-state index contributed by atoms with van der Waals surface area (Å²) in [6.07, 6.45) is -0.629. The van der Waals surface area contributed by atoms with Crippen LogP contribution in [0.2, 0.25) is 0 Å². The van der Waals surface area contributed by atoms with Crippen molar-refractivity contribution in [2.45, 2.75) is 6.10 Å². The molecule has 5 heteroatoms. The third kappa shape index (κ3) is 2.56. The Hall–Kier alpha value is -1.46. The van der Waals surface area contributed by atoms with Gasteiger partial charge in [-0.25, -0.2) is 0 Å². The summed E-state index contributed by atoms with van der Waals surface area (Å²) in [6, 6.07) is 5.29. The number of aliphatic hydroxyl groups is 1. The van der Waals surface area contributed by atoms with Crippen LogP contribution in [0.3, 0.4) is 0 Å². The summed E-state index contributed by atoms with van der Waals surface area (Å²) in [5.41, 5.74) is 0. The predicted molar refractivity (Wildman–Crippen MR) is 55.9 cm³/mol. The first-order valence-corrected chi connectivity index (χ1v) is 4.99. The van der Waals surface area contributed by atoms with E-state index in [1.54, 1.807) is 18.2 Å². The van der Waals surface area contributed by atoms with Crippen molar-refractivity contribution in [3.05, 3.63) is 18.2 Å². The molecule has 1 heterocycles. The molecule has 16 heavy (non-hydrogen) atoms. The molecule has 0 radical (unpaired) electrons. The van der Waals surface area contributed by atoms with E-state index in [2.05, 4.69) is 0 Å². The topological polar surface area (TPSA) is 57.2 Å². The molecule has 0 saturated heterocycles. The number of benzene rings is 1. The average Bonchev–Trinajstić information content (AvgIpc) is 2.74. The van der Waals surface area contributed by atoms with E-state index < -0.39 is 6.10 Å². The fourth-order valence-corrected chi connectivity index (χ4v) is 1.40. The Morgan fingerprint density at radius 3 is 2.94 bits per heavy atom. The highest BCUT2D eigenvalue weighted by molar-refractivity contribution is 5.46. The van der Waals surface area contributed by atoms with Crippen molar-refractivity contribution in [1.82, 2.24) is 0 Å². The fraction of sp³-hybridized carbons (Fsp3) is 0.455. The molecule has 0 fully saturated rings. The largest absolute Gasteiger partial charge is 0.491 e. The van der Waals surface area contributed by atoms with E-state index in [9.17, 15) is 5.11 Å². The van der Waals surface area contributed by atoms with Gasteiger partial charge in [-0.05, 0) is 12.1 Å². The lowest BCUT2D eigenvalue weighted by Crippen LogP contribution is -2.22. The van der Waals surface area contributed by atoms with Gasteiger partial charge in [-0.2, -0.15) is 0 Å². The highest BCUT2D eigenvalue weighted by Crippen LogP contribution is 2.35. The molecule has 1 aliphatic heterocycles. The molecule has 1 aromatic rings. The molecule has 0 amide bonds. The highest BCUT2D eigenvalue weighted by atomic mass is 16.7. The first-order chi connectivity index (χ1) is 7.79. The lowest BCUT2D eigenvalue weighted by molar-refractivity contribution is 0.0325. The Balaban J connectivity index is 1.90. The van der Waals surface area contributed by atoms with Crippen LogP contribution in [0, 0.1) is 0 Å². The number of rotatable bonds is 5. The van der Waals surface area contributed by atoms with Gasteiger partial charge in [0, 0.05) is 13.2 Å². The minimum atomic E-state index is -0.629. The second kappa shape index (κ2) is 5.05. The smallest absolute Gasteiger partial charge is 0.231 e. The predicted octanol–water partition coefficient (Wildman–Crippen LogP) is 0.801. The Bertz CT molecular complexity index is 352. The average molecular weight is 226 g/mol. The zero-order valence-corrected chi connectivity index (χ0v) is 9.01. The Labute approximate surface area is 93.5 Å². The van der Waals surface area contributed by atoms with Crippen molar-refractivity contribution in [2.75, 3.05) is 27.1 Å². The minimum Gasteiger partial charge on any atom is -0.491 e. The molecular weight excluding hydrogens is 212 g/mol. The monoisotopic (exact) mass is 226 g/mol. The second-order valence-corrected chi connectivity index (χ2v) is 3.44. The number of aliphatic hydroxyl groups excluding tert-OH is 1. The molecular formula is C11H14O5. The van der Waals surface area contributed by atoms with Crippen LogP contribution < -0.4 is 14.2 Å². The molecule has 5 nitrogen and oxygen atoms in total. The van der Waals surface area contributed by atoms with Gasteiger partial charge in [-0.1, -0.05) is 0 Å². The molecule has 1 atom stereocenters. The Kier molecular flexibility index (Phi) is 3.48. The summed E-state index contributed by atoms with van der Waals surface area (Å²) in [6.45, 7) is 0.684. The van der Waals surface area contributed by atoms with E-state index in [1.807, 2.05) is 0 Å². The summed E-state index contributed by atoms with van der Waals surface area (Å²) in [5.74, 6) is 2.02. The van der Waals surface area contributed by atoms with Crippen molar-refractivity contribution in [2.24, 2.45) is 0 Å². The van der Waals surface area contributed by atoms with Crippen molar-refractivity contribution < 1.29 is 24.1 Å². The fourth-order valence-electron chi connectivity index (χ4n) is 1.40. The van der Waals surface area contributed by atoms with Gasteiger partial charge in [0.15, 0.2) is 11.5 Å². The van der Waals surface area contributed by atoms with Gasteiger partial charge >= 0.3 is 0 Å². The molecule has 1 unspecified atom stereocenters. The normalized spacial score (nSPS) is 14.9. The van der Waals surface area contributed by atoms with Crippen molar-refractivity contribution >= 4 is 0 Å². The van der Waals surface area contributed by atoms with Crippen LogP contribution in [-0.2, 0) is 4.74 Å². The zero-order valence-electron chi connectivity index (χ0n) is 9.01. The van der Waals surface area contributed by atoms with Gasteiger partial charge in [-0.3, -0.25) is 0 Å². The summed E-state index contributed by atoms with van der Waals surface area (Å²) in [5, 5.41) is 9.40.